The maximum Gasteiger partial charge on any atom is 0.252 e. The summed E-state index contributed by atoms with van der Waals surface area (Å²) in [6.45, 7) is 2.60. The van der Waals surface area contributed by atoms with Gasteiger partial charge in [0.15, 0.2) is 11.6 Å². The van der Waals surface area contributed by atoms with E-state index in [1.807, 2.05) is 0 Å². The van der Waals surface area contributed by atoms with E-state index in [1.165, 1.54) is 18.3 Å². The summed E-state index contributed by atoms with van der Waals surface area (Å²) >= 11 is 5.92. The van der Waals surface area contributed by atoms with Crippen molar-refractivity contribution < 1.29 is 13.5 Å². The number of piperidine rings is 1. The molecule has 1 aromatic heterocycles. The number of benzene rings is 1. The van der Waals surface area contributed by atoms with Gasteiger partial charge in [0, 0.05) is 24.4 Å². The minimum Gasteiger partial charge on any atom is -0.490 e. The normalized spacial score (nSPS) is 16.1. The van der Waals surface area contributed by atoms with Gasteiger partial charge in [0.1, 0.15) is 5.82 Å². The van der Waals surface area contributed by atoms with Crippen LogP contribution in [-0.2, 0) is 6.54 Å². The van der Waals surface area contributed by atoms with Crippen LogP contribution in [0, 0.1) is 17.6 Å². The average Bonchev–Trinajstić information content (AvgIpc) is 2.59. The molecule has 0 bridgehead atoms. The molecule has 1 saturated heterocycles. The fraction of sp³-hybridized carbons (Fsp3) is 0.389. The van der Waals surface area contributed by atoms with E-state index in [1.54, 1.807) is 6.07 Å². The number of halogens is 3. The highest BCUT2D eigenvalue weighted by atomic mass is 35.5. The summed E-state index contributed by atoms with van der Waals surface area (Å²) in [5, 5.41) is 0.513. The lowest BCUT2D eigenvalue weighted by molar-refractivity contribution is 0.134. The molecule has 7 heteroatoms. The molecule has 1 aliphatic rings. The smallest absolute Gasteiger partial charge is 0.252 e. The summed E-state index contributed by atoms with van der Waals surface area (Å²) in [5.74, 6) is -0.917. The molecule has 0 radical (unpaired) electrons. The Bertz CT molecular complexity index is 789. The van der Waals surface area contributed by atoms with Crippen LogP contribution in [0.3, 0.4) is 0 Å². The molecule has 0 saturated carbocycles. The minimum absolute atomic E-state index is 0.0780. The van der Waals surface area contributed by atoms with Crippen molar-refractivity contribution in [3.63, 3.8) is 0 Å². The van der Waals surface area contributed by atoms with Gasteiger partial charge in [-0.1, -0.05) is 11.6 Å². The van der Waals surface area contributed by atoms with Gasteiger partial charge in [-0.3, -0.25) is 9.69 Å². The van der Waals surface area contributed by atoms with Gasteiger partial charge in [-0.2, -0.15) is 0 Å². The lowest BCUT2D eigenvalue weighted by Crippen LogP contribution is -2.36. The van der Waals surface area contributed by atoms with Gasteiger partial charge in [0.05, 0.1) is 11.6 Å². The van der Waals surface area contributed by atoms with Gasteiger partial charge in [-0.25, -0.2) is 8.78 Å². The first-order valence-corrected chi connectivity index (χ1v) is 8.56. The third kappa shape index (κ3) is 4.80. The van der Waals surface area contributed by atoms with Crippen LogP contribution in [0.15, 0.2) is 35.3 Å². The zero-order valence-corrected chi connectivity index (χ0v) is 14.4. The standard InChI is InChI=1S/C18H19ClF2N2O2/c19-14-7-13(18(24)22-9-14)10-23-5-3-12(4-6-23)11-25-17-2-1-15(20)8-16(17)21/h1-2,7-9,12H,3-6,10-11H2,(H,22,24). The Morgan fingerprint density at radius 3 is 2.72 bits per heavy atom. The highest BCUT2D eigenvalue weighted by molar-refractivity contribution is 6.30. The molecule has 1 N–H and O–H groups in total. The third-order valence-corrected chi connectivity index (χ3v) is 4.63. The van der Waals surface area contributed by atoms with Gasteiger partial charge in [0.2, 0.25) is 0 Å². The van der Waals surface area contributed by atoms with E-state index in [-0.39, 0.29) is 11.3 Å². The molecule has 134 valence electrons. The molecular weight excluding hydrogens is 350 g/mol. The lowest BCUT2D eigenvalue weighted by atomic mass is 9.97. The number of aromatic nitrogens is 1. The molecular formula is C18H19ClF2N2O2. The Balaban J connectivity index is 1.48. The van der Waals surface area contributed by atoms with Crippen LogP contribution >= 0.6 is 11.6 Å². The summed E-state index contributed by atoms with van der Waals surface area (Å²) in [6, 6.07) is 5.00. The Kier molecular flexibility index (Phi) is 5.71. The maximum atomic E-state index is 13.6. The van der Waals surface area contributed by atoms with Crippen molar-refractivity contribution in [2.75, 3.05) is 19.7 Å². The Labute approximate surface area is 149 Å². The van der Waals surface area contributed by atoms with Crippen LogP contribution in [0.1, 0.15) is 18.4 Å². The van der Waals surface area contributed by atoms with Crippen molar-refractivity contribution in [2.24, 2.45) is 5.92 Å². The number of aromatic amines is 1. The minimum atomic E-state index is -0.683. The molecule has 1 aromatic carbocycles. The monoisotopic (exact) mass is 368 g/mol. The topological polar surface area (TPSA) is 45.3 Å². The lowest BCUT2D eigenvalue weighted by Gasteiger charge is -2.31. The van der Waals surface area contributed by atoms with Crippen molar-refractivity contribution in [2.45, 2.75) is 19.4 Å². The highest BCUT2D eigenvalue weighted by Crippen LogP contribution is 2.23. The zero-order chi connectivity index (χ0) is 17.8. The van der Waals surface area contributed by atoms with E-state index in [4.69, 9.17) is 16.3 Å². The summed E-state index contributed by atoms with van der Waals surface area (Å²) < 4.78 is 31.9. The molecule has 0 unspecified atom stereocenters. The summed E-state index contributed by atoms with van der Waals surface area (Å²) in [4.78, 5) is 16.6. The molecule has 1 fully saturated rings. The van der Waals surface area contributed by atoms with Crippen LogP contribution < -0.4 is 10.3 Å². The highest BCUT2D eigenvalue weighted by Gasteiger charge is 2.21. The van der Waals surface area contributed by atoms with Crippen molar-refractivity contribution in [3.8, 4) is 5.75 Å². The van der Waals surface area contributed by atoms with Crippen molar-refractivity contribution in [1.82, 2.24) is 9.88 Å². The van der Waals surface area contributed by atoms with E-state index in [0.29, 0.717) is 29.7 Å². The first-order chi connectivity index (χ1) is 12.0. The first-order valence-electron chi connectivity index (χ1n) is 8.18. The number of nitrogens with one attached hydrogen (secondary N) is 1. The van der Waals surface area contributed by atoms with E-state index in [2.05, 4.69) is 9.88 Å². The van der Waals surface area contributed by atoms with Gasteiger partial charge in [-0.05, 0) is 50.0 Å². The van der Waals surface area contributed by atoms with Gasteiger partial charge in [0.25, 0.3) is 5.56 Å². The fourth-order valence-corrected chi connectivity index (χ4v) is 3.16. The number of ether oxygens (including phenoxy) is 1. The molecule has 25 heavy (non-hydrogen) atoms. The van der Waals surface area contributed by atoms with Crippen LogP contribution in [0.2, 0.25) is 5.02 Å². The van der Waals surface area contributed by atoms with Crippen molar-refractivity contribution >= 4 is 11.6 Å². The summed E-state index contributed by atoms with van der Waals surface area (Å²) in [7, 11) is 0. The first kappa shape index (κ1) is 17.9. The Morgan fingerprint density at radius 1 is 1.24 bits per heavy atom. The van der Waals surface area contributed by atoms with Crippen LogP contribution in [-0.4, -0.2) is 29.6 Å². The van der Waals surface area contributed by atoms with E-state index < -0.39 is 11.6 Å². The third-order valence-electron chi connectivity index (χ3n) is 4.41. The predicted octanol–water partition coefficient (Wildman–Crippen LogP) is 3.60. The van der Waals surface area contributed by atoms with E-state index >= 15 is 0 Å². The molecule has 0 aliphatic carbocycles. The molecule has 3 rings (SSSR count). The van der Waals surface area contributed by atoms with Crippen LogP contribution in [0.25, 0.3) is 0 Å². The number of H-pyrrole nitrogens is 1. The Hall–Kier alpha value is -1.92. The van der Waals surface area contributed by atoms with Gasteiger partial charge >= 0.3 is 0 Å². The van der Waals surface area contributed by atoms with Crippen LogP contribution in [0.5, 0.6) is 5.75 Å². The fourth-order valence-electron chi connectivity index (χ4n) is 2.97. The average molecular weight is 369 g/mol. The molecule has 1 aliphatic heterocycles. The molecule has 2 heterocycles. The van der Waals surface area contributed by atoms with Gasteiger partial charge < -0.3 is 9.72 Å². The number of nitrogens with zero attached hydrogens (tertiary/aromatic N) is 1. The summed E-state index contributed by atoms with van der Waals surface area (Å²) in [5.41, 5.74) is 0.525. The van der Waals surface area contributed by atoms with E-state index in [0.717, 1.165) is 32.0 Å². The van der Waals surface area contributed by atoms with Crippen molar-refractivity contribution in [3.05, 3.63) is 63.0 Å². The quantitative estimate of drug-likeness (QED) is 0.877. The van der Waals surface area contributed by atoms with E-state index in [9.17, 15) is 13.6 Å². The molecule has 0 spiro atoms. The maximum absolute atomic E-state index is 13.6. The second kappa shape index (κ2) is 7.97. The van der Waals surface area contributed by atoms with Crippen LogP contribution in [0.4, 0.5) is 8.78 Å². The number of hydrogen-bond donors (Lipinski definition) is 1. The second-order valence-corrected chi connectivity index (χ2v) is 6.71. The van der Waals surface area contributed by atoms with Crippen molar-refractivity contribution in [1.29, 1.82) is 0 Å². The zero-order valence-electron chi connectivity index (χ0n) is 13.6. The summed E-state index contributed by atoms with van der Waals surface area (Å²) in [6.07, 6.45) is 3.26. The number of hydrogen-bond acceptors (Lipinski definition) is 3. The second-order valence-electron chi connectivity index (χ2n) is 6.28. The molecule has 2 aromatic rings. The molecule has 4 nitrogen and oxygen atoms in total. The molecule has 0 amide bonds. The SMILES string of the molecule is O=c1[nH]cc(Cl)cc1CN1CCC(COc2ccc(F)cc2F)CC1. The number of rotatable bonds is 5. The largest absolute Gasteiger partial charge is 0.490 e. The Morgan fingerprint density at radius 2 is 2.00 bits per heavy atom. The number of likely N-dealkylation sites (tertiary alicyclic amines) is 1. The van der Waals surface area contributed by atoms with Gasteiger partial charge in [-0.15, -0.1) is 0 Å². The predicted molar refractivity (Wildman–Crippen MR) is 91.9 cm³/mol. The number of pyridine rings is 1. The molecule has 0 atom stereocenters.